The molecular formula is C6H12BrNO2S. The topological polar surface area (TPSA) is 46.2 Å². The van der Waals surface area contributed by atoms with E-state index in [4.69, 9.17) is 0 Å². The highest BCUT2D eigenvalue weighted by molar-refractivity contribution is 9.09. The van der Waals surface area contributed by atoms with Gasteiger partial charge in [-0.05, 0) is 12.8 Å². The highest BCUT2D eigenvalue weighted by Crippen LogP contribution is 2.25. The average molecular weight is 242 g/mol. The molecule has 0 bridgehead atoms. The first-order chi connectivity index (χ1) is 4.99. The normalized spacial score (nSPS) is 32.5. The second kappa shape index (κ2) is 3.41. The molecule has 0 aliphatic heterocycles. The van der Waals surface area contributed by atoms with E-state index >= 15 is 0 Å². The van der Waals surface area contributed by atoms with E-state index in [9.17, 15) is 8.42 Å². The maximum absolute atomic E-state index is 10.8. The second-order valence-electron chi connectivity index (χ2n) is 2.94. The molecule has 1 rings (SSSR count). The van der Waals surface area contributed by atoms with E-state index in [1.54, 1.807) is 0 Å². The van der Waals surface area contributed by atoms with E-state index in [-0.39, 0.29) is 6.04 Å². The zero-order chi connectivity index (χ0) is 8.48. The van der Waals surface area contributed by atoms with Gasteiger partial charge >= 0.3 is 0 Å². The third kappa shape index (κ3) is 3.09. The summed E-state index contributed by atoms with van der Waals surface area (Å²) in [5.41, 5.74) is 0. The van der Waals surface area contributed by atoms with Gasteiger partial charge in [-0.1, -0.05) is 22.4 Å². The lowest BCUT2D eigenvalue weighted by atomic mass is 10.3. The van der Waals surface area contributed by atoms with Crippen molar-refractivity contribution >= 4 is 26.0 Å². The van der Waals surface area contributed by atoms with Crippen molar-refractivity contribution in [1.82, 2.24) is 4.72 Å². The number of halogens is 1. The molecular weight excluding hydrogens is 230 g/mol. The smallest absolute Gasteiger partial charge is 0.208 e. The van der Waals surface area contributed by atoms with Crippen LogP contribution in [0.1, 0.15) is 19.3 Å². The third-order valence-corrected chi connectivity index (χ3v) is 3.62. The van der Waals surface area contributed by atoms with Gasteiger partial charge in [-0.15, -0.1) is 0 Å². The number of rotatable bonds is 2. The van der Waals surface area contributed by atoms with Crippen molar-refractivity contribution in [2.45, 2.75) is 30.1 Å². The zero-order valence-corrected chi connectivity index (χ0v) is 8.78. The first kappa shape index (κ1) is 9.48. The van der Waals surface area contributed by atoms with Crippen molar-refractivity contribution in [1.29, 1.82) is 0 Å². The molecule has 0 amide bonds. The molecule has 11 heavy (non-hydrogen) atoms. The number of sulfonamides is 1. The Kier molecular flexibility index (Phi) is 2.94. The van der Waals surface area contributed by atoms with Crippen molar-refractivity contribution in [2.75, 3.05) is 6.26 Å². The predicted octanol–water partition coefficient (Wildman–Crippen LogP) is 0.852. The quantitative estimate of drug-likeness (QED) is 0.730. The van der Waals surface area contributed by atoms with Crippen LogP contribution in [0.5, 0.6) is 0 Å². The fourth-order valence-corrected chi connectivity index (χ4v) is 3.05. The van der Waals surface area contributed by atoms with Gasteiger partial charge in [0, 0.05) is 10.9 Å². The molecule has 1 aliphatic rings. The fourth-order valence-electron chi connectivity index (χ4n) is 1.32. The van der Waals surface area contributed by atoms with E-state index in [2.05, 4.69) is 20.7 Å². The summed E-state index contributed by atoms with van der Waals surface area (Å²) < 4.78 is 24.2. The first-order valence-corrected chi connectivity index (χ1v) is 6.41. The van der Waals surface area contributed by atoms with Crippen LogP contribution in [-0.2, 0) is 10.0 Å². The molecule has 1 fully saturated rings. The Labute approximate surface area is 75.7 Å². The SMILES string of the molecule is CS(=O)(=O)NC1CCCC1Br. The highest BCUT2D eigenvalue weighted by Gasteiger charge is 2.26. The van der Waals surface area contributed by atoms with E-state index in [1.807, 2.05) is 0 Å². The van der Waals surface area contributed by atoms with Crippen LogP contribution in [0.3, 0.4) is 0 Å². The van der Waals surface area contributed by atoms with Crippen LogP contribution in [0.2, 0.25) is 0 Å². The van der Waals surface area contributed by atoms with Crippen LogP contribution < -0.4 is 4.72 Å². The van der Waals surface area contributed by atoms with Gasteiger partial charge in [0.2, 0.25) is 10.0 Å². The lowest BCUT2D eigenvalue weighted by molar-refractivity contribution is 0.562. The van der Waals surface area contributed by atoms with Gasteiger partial charge in [0.05, 0.1) is 6.26 Å². The van der Waals surface area contributed by atoms with Crippen molar-refractivity contribution in [3.63, 3.8) is 0 Å². The molecule has 1 saturated carbocycles. The third-order valence-electron chi connectivity index (χ3n) is 1.80. The zero-order valence-electron chi connectivity index (χ0n) is 6.38. The van der Waals surface area contributed by atoms with Crippen molar-refractivity contribution in [3.05, 3.63) is 0 Å². The maximum atomic E-state index is 10.8. The Bertz CT molecular complexity index is 227. The second-order valence-corrected chi connectivity index (χ2v) is 5.90. The number of hydrogen-bond donors (Lipinski definition) is 1. The summed E-state index contributed by atoms with van der Waals surface area (Å²) in [6.45, 7) is 0. The average Bonchev–Trinajstić information content (AvgIpc) is 2.12. The molecule has 0 spiro atoms. The Morgan fingerprint density at radius 1 is 1.45 bits per heavy atom. The van der Waals surface area contributed by atoms with Crippen LogP contribution in [0.25, 0.3) is 0 Å². The minimum atomic E-state index is -3.02. The molecule has 1 N–H and O–H groups in total. The lowest BCUT2D eigenvalue weighted by Gasteiger charge is -2.13. The predicted molar refractivity (Wildman–Crippen MR) is 48.3 cm³/mol. The van der Waals surface area contributed by atoms with Crippen LogP contribution in [0.4, 0.5) is 0 Å². The first-order valence-electron chi connectivity index (χ1n) is 3.60. The Morgan fingerprint density at radius 3 is 2.45 bits per heavy atom. The minimum Gasteiger partial charge on any atom is -0.213 e. The molecule has 2 unspecified atom stereocenters. The standard InChI is InChI=1S/C6H12BrNO2S/c1-11(9,10)8-6-4-2-3-5(6)7/h5-6,8H,2-4H2,1H3. The van der Waals surface area contributed by atoms with E-state index < -0.39 is 10.0 Å². The molecule has 66 valence electrons. The molecule has 0 heterocycles. The molecule has 5 heteroatoms. The van der Waals surface area contributed by atoms with Crippen molar-refractivity contribution in [2.24, 2.45) is 0 Å². The summed E-state index contributed by atoms with van der Waals surface area (Å²) in [6.07, 6.45) is 4.31. The van der Waals surface area contributed by atoms with E-state index in [0.29, 0.717) is 4.83 Å². The fraction of sp³-hybridized carbons (Fsp3) is 1.00. The van der Waals surface area contributed by atoms with Gasteiger partial charge in [0.25, 0.3) is 0 Å². The summed E-state index contributed by atoms with van der Waals surface area (Å²) in [6, 6.07) is 0.102. The summed E-state index contributed by atoms with van der Waals surface area (Å²) in [7, 11) is -3.02. The van der Waals surface area contributed by atoms with Gasteiger partial charge in [-0.2, -0.15) is 0 Å². The number of alkyl halides is 1. The molecule has 2 atom stereocenters. The lowest BCUT2D eigenvalue weighted by Crippen LogP contribution is -2.36. The Morgan fingerprint density at radius 2 is 2.09 bits per heavy atom. The Hall–Kier alpha value is 0.390. The Balaban J connectivity index is 2.50. The van der Waals surface area contributed by atoms with Crippen LogP contribution in [-0.4, -0.2) is 25.5 Å². The molecule has 0 radical (unpaired) electrons. The molecule has 1 aliphatic carbocycles. The largest absolute Gasteiger partial charge is 0.213 e. The number of nitrogens with one attached hydrogen (secondary N) is 1. The minimum absolute atomic E-state index is 0.102. The summed E-state index contributed by atoms with van der Waals surface area (Å²) >= 11 is 3.43. The maximum Gasteiger partial charge on any atom is 0.208 e. The monoisotopic (exact) mass is 241 g/mol. The van der Waals surface area contributed by atoms with E-state index in [1.165, 1.54) is 6.26 Å². The van der Waals surface area contributed by atoms with Gasteiger partial charge in [0.15, 0.2) is 0 Å². The molecule has 0 aromatic carbocycles. The highest BCUT2D eigenvalue weighted by atomic mass is 79.9. The molecule has 0 saturated heterocycles. The van der Waals surface area contributed by atoms with Gasteiger partial charge in [0.1, 0.15) is 0 Å². The van der Waals surface area contributed by atoms with Crippen LogP contribution in [0.15, 0.2) is 0 Å². The molecule has 0 aromatic rings. The number of hydrogen-bond acceptors (Lipinski definition) is 2. The summed E-state index contributed by atoms with van der Waals surface area (Å²) in [5, 5.41) is 0. The van der Waals surface area contributed by atoms with Gasteiger partial charge < -0.3 is 0 Å². The van der Waals surface area contributed by atoms with Crippen LogP contribution in [0, 0.1) is 0 Å². The van der Waals surface area contributed by atoms with Gasteiger partial charge in [-0.25, -0.2) is 13.1 Å². The van der Waals surface area contributed by atoms with E-state index in [0.717, 1.165) is 19.3 Å². The van der Waals surface area contributed by atoms with Crippen molar-refractivity contribution in [3.8, 4) is 0 Å². The summed E-state index contributed by atoms with van der Waals surface area (Å²) in [5.74, 6) is 0. The van der Waals surface area contributed by atoms with Gasteiger partial charge in [-0.3, -0.25) is 0 Å². The van der Waals surface area contributed by atoms with Crippen molar-refractivity contribution < 1.29 is 8.42 Å². The molecule has 0 aromatic heterocycles. The molecule has 3 nitrogen and oxygen atoms in total. The summed E-state index contributed by atoms with van der Waals surface area (Å²) in [4.78, 5) is 0.317. The van der Waals surface area contributed by atoms with Crippen LogP contribution >= 0.6 is 15.9 Å².